The van der Waals surface area contributed by atoms with Crippen LogP contribution in [0.4, 0.5) is 0 Å². The molecule has 0 amide bonds. The third-order valence-corrected chi connectivity index (χ3v) is 2.25. The number of rotatable bonds is 8. The lowest BCUT2D eigenvalue weighted by Crippen LogP contribution is -2.34. The average Bonchev–Trinajstić information content (AvgIpc) is 2.32. The van der Waals surface area contributed by atoms with Gasteiger partial charge in [-0.25, -0.2) is 9.13 Å². The number of carboxylic acids is 3. The smallest absolute Gasteiger partial charge is 0.396 e. The molecule has 0 heterocycles. The zero-order valence-electron chi connectivity index (χ0n) is 10.1. The van der Waals surface area contributed by atoms with Crippen molar-refractivity contribution in [2.75, 3.05) is 6.61 Å². The fraction of sp³-hybridized carbons (Fsp3) is 0.625. The molecule has 0 aliphatic carbocycles. The maximum Gasteiger partial charge on any atom is 0.396 e. The molecule has 0 rings (SSSR count). The van der Waals surface area contributed by atoms with Gasteiger partial charge in [0.15, 0.2) is 0 Å². The van der Waals surface area contributed by atoms with Crippen LogP contribution in [0.25, 0.3) is 0 Å². The summed E-state index contributed by atoms with van der Waals surface area (Å²) in [6.45, 7) is -0.751. The van der Waals surface area contributed by atoms with E-state index < -0.39 is 44.4 Å². The van der Waals surface area contributed by atoms with Crippen molar-refractivity contribution in [2.24, 2.45) is 5.73 Å². The molecule has 0 bridgehead atoms. The number of nitrogens with two attached hydrogens (primary N) is 1. The van der Waals surface area contributed by atoms with Crippen molar-refractivity contribution in [3.05, 3.63) is 0 Å². The second kappa shape index (κ2) is 11.1. The number of nitrogens with one attached hydrogen (secondary N) is 1. The molecule has 20 heavy (non-hydrogen) atoms. The molecule has 0 fully saturated rings. The molecule has 0 aliphatic rings. The summed E-state index contributed by atoms with van der Waals surface area (Å²) in [5, 5.41) is 34.3. The summed E-state index contributed by atoms with van der Waals surface area (Å²) < 4.78 is 19.6. The fourth-order valence-corrected chi connectivity index (χ4v) is 1.15. The van der Waals surface area contributed by atoms with Gasteiger partial charge in [0.2, 0.25) is 0 Å². The predicted molar refractivity (Wildman–Crippen MR) is 62.4 cm³/mol. The Bertz CT molecular complexity index is 401. The molecular weight excluding hydrogens is 299 g/mol. The van der Waals surface area contributed by atoms with Crippen LogP contribution in [0.5, 0.6) is 0 Å². The third-order valence-electron chi connectivity index (χ3n) is 1.73. The molecule has 116 valence electrons. The molecule has 0 aromatic rings. The summed E-state index contributed by atoms with van der Waals surface area (Å²) in [5.74, 6) is -3.60. The molecule has 0 aromatic heterocycles. The lowest BCUT2D eigenvalue weighted by atomic mass is 10.2. The Kier molecular flexibility index (Phi) is 11.3. The van der Waals surface area contributed by atoms with Crippen molar-refractivity contribution in [3.8, 4) is 0 Å². The van der Waals surface area contributed by atoms with Gasteiger partial charge in [0.05, 0.1) is 6.61 Å². The molecular formula is C8H15N2O9P. The molecule has 2 unspecified atom stereocenters. The second-order valence-corrected chi connectivity index (χ2v) is 4.11. The first-order valence-corrected chi connectivity index (χ1v) is 6.24. The van der Waals surface area contributed by atoms with Gasteiger partial charge in [-0.3, -0.25) is 14.4 Å². The monoisotopic (exact) mass is 314 g/mol. The number of aliphatic hydroxyl groups excluding tert-OH is 1. The summed E-state index contributed by atoms with van der Waals surface area (Å²) >= 11 is 0. The van der Waals surface area contributed by atoms with Gasteiger partial charge in [-0.1, -0.05) is 0 Å². The Morgan fingerprint density at radius 1 is 1.10 bits per heavy atom. The highest BCUT2D eigenvalue weighted by Crippen LogP contribution is 1.97. The summed E-state index contributed by atoms with van der Waals surface area (Å²) in [5.41, 5.74) is 5.00. The number of carboxylic acid groups (broad SMARTS) is 3. The van der Waals surface area contributed by atoms with E-state index in [0.29, 0.717) is 0 Å². The van der Waals surface area contributed by atoms with Gasteiger partial charge in [0, 0.05) is 6.42 Å². The standard InChI is InChI=1S/C5H9NO4.C3H6NO5P/c6-3(5(9)10)1-2-4(7)8;5-1-2(3(6)7)4-10(8)9/h3H,1-2,6H2,(H,7,8)(H,9,10);2,5H,1H2,(H,6,7)(H,4,8,9). The molecule has 7 N–H and O–H groups in total. The maximum absolute atomic E-state index is 9.99. The Morgan fingerprint density at radius 3 is 1.80 bits per heavy atom. The second-order valence-electron chi connectivity index (χ2n) is 3.34. The predicted octanol–water partition coefficient (Wildman–Crippen LogP) is -1.63. The third kappa shape index (κ3) is 12.6. The van der Waals surface area contributed by atoms with Crippen LogP contribution >= 0.6 is 7.83 Å². The van der Waals surface area contributed by atoms with Crippen molar-refractivity contribution in [1.82, 2.24) is 5.09 Å². The van der Waals surface area contributed by atoms with E-state index in [4.69, 9.17) is 26.2 Å². The van der Waals surface area contributed by atoms with E-state index >= 15 is 0 Å². The molecule has 0 radical (unpaired) electrons. The Morgan fingerprint density at radius 2 is 1.60 bits per heavy atom. The zero-order valence-corrected chi connectivity index (χ0v) is 11.0. The van der Waals surface area contributed by atoms with Crippen molar-refractivity contribution in [1.29, 1.82) is 0 Å². The quantitative estimate of drug-likeness (QED) is 0.280. The van der Waals surface area contributed by atoms with Crippen LogP contribution < -0.4 is 10.8 Å². The first-order valence-electron chi connectivity index (χ1n) is 5.06. The van der Waals surface area contributed by atoms with Gasteiger partial charge in [-0.05, 0) is 6.42 Å². The van der Waals surface area contributed by atoms with Crippen LogP contribution in [-0.4, -0.2) is 57.0 Å². The minimum Gasteiger partial charge on any atom is -0.481 e. The van der Waals surface area contributed by atoms with E-state index in [1.54, 1.807) is 5.09 Å². The summed E-state index contributed by atoms with van der Waals surface area (Å²) in [7, 11) is -2.97. The van der Waals surface area contributed by atoms with Crippen molar-refractivity contribution in [3.63, 3.8) is 0 Å². The summed E-state index contributed by atoms with van der Waals surface area (Å²) in [6, 6.07) is -2.49. The van der Waals surface area contributed by atoms with Crippen LogP contribution in [0.15, 0.2) is 0 Å². The van der Waals surface area contributed by atoms with Crippen LogP contribution in [0.3, 0.4) is 0 Å². The van der Waals surface area contributed by atoms with Crippen molar-refractivity contribution < 1.29 is 43.9 Å². The van der Waals surface area contributed by atoms with Crippen LogP contribution in [0.2, 0.25) is 0 Å². The molecule has 2 atom stereocenters. The normalized spacial score (nSPS) is 12.5. The van der Waals surface area contributed by atoms with E-state index in [2.05, 4.69) is 0 Å². The number of hydrogen-bond donors (Lipinski definition) is 6. The van der Waals surface area contributed by atoms with E-state index in [-0.39, 0.29) is 12.8 Å². The fourth-order valence-electron chi connectivity index (χ4n) is 0.704. The van der Waals surface area contributed by atoms with E-state index in [9.17, 15) is 23.5 Å². The minimum atomic E-state index is -2.97. The molecule has 0 saturated carbocycles. The molecule has 12 heteroatoms. The van der Waals surface area contributed by atoms with Crippen LogP contribution in [0, 0.1) is 0 Å². The zero-order chi connectivity index (χ0) is 16.3. The highest BCUT2D eigenvalue weighted by molar-refractivity contribution is 7.28. The van der Waals surface area contributed by atoms with Gasteiger partial charge < -0.3 is 26.2 Å². The minimum absolute atomic E-state index is 0.0231. The highest BCUT2D eigenvalue weighted by atomic mass is 31.1. The van der Waals surface area contributed by atoms with Crippen LogP contribution in [-0.2, 0) is 23.5 Å². The molecule has 11 nitrogen and oxygen atoms in total. The highest BCUT2D eigenvalue weighted by Gasteiger charge is 2.16. The maximum atomic E-state index is 9.99. The molecule has 0 aromatic carbocycles. The topological polar surface area (TPSA) is 204 Å². The molecule has 0 aliphatic heterocycles. The van der Waals surface area contributed by atoms with Gasteiger partial charge in [-0.2, -0.15) is 5.09 Å². The Balaban J connectivity index is 0. The SMILES string of the molecule is NC(CCC(=O)O)C(=O)O.O=C(O)C(CO)NP(=O)=O. The Hall–Kier alpha value is -1.81. The van der Waals surface area contributed by atoms with Gasteiger partial charge >= 0.3 is 25.7 Å². The van der Waals surface area contributed by atoms with Crippen molar-refractivity contribution >= 4 is 25.7 Å². The average molecular weight is 314 g/mol. The van der Waals surface area contributed by atoms with Gasteiger partial charge in [-0.15, -0.1) is 0 Å². The van der Waals surface area contributed by atoms with E-state index in [1.165, 1.54) is 0 Å². The van der Waals surface area contributed by atoms with Gasteiger partial charge in [0.25, 0.3) is 0 Å². The van der Waals surface area contributed by atoms with E-state index in [1.807, 2.05) is 0 Å². The lowest BCUT2D eigenvalue weighted by molar-refractivity contribution is -0.141. The number of aliphatic carboxylic acids is 3. The Labute approximate surface area is 113 Å². The molecule has 0 spiro atoms. The number of aliphatic hydroxyl groups is 1. The summed E-state index contributed by atoms with van der Waals surface area (Å²) in [6.07, 6.45) is -0.224. The first-order chi connectivity index (χ1) is 9.11. The summed E-state index contributed by atoms with van der Waals surface area (Å²) in [4.78, 5) is 29.8. The number of hydrogen-bond acceptors (Lipinski definition) is 7. The van der Waals surface area contributed by atoms with Crippen LogP contribution in [0.1, 0.15) is 12.8 Å². The van der Waals surface area contributed by atoms with E-state index in [0.717, 1.165) is 0 Å². The van der Waals surface area contributed by atoms with Crippen molar-refractivity contribution in [2.45, 2.75) is 24.9 Å². The lowest BCUT2D eigenvalue weighted by Gasteiger charge is -2.02. The first kappa shape index (κ1) is 20.5. The van der Waals surface area contributed by atoms with Gasteiger partial charge in [0.1, 0.15) is 12.1 Å². The largest absolute Gasteiger partial charge is 0.481 e. The number of carbonyl (C=O) groups is 3. The molecule has 0 saturated heterocycles.